The predicted molar refractivity (Wildman–Crippen MR) is 140 cm³/mol. The van der Waals surface area contributed by atoms with Crippen molar-refractivity contribution >= 4 is 29.1 Å². The van der Waals surface area contributed by atoms with Gasteiger partial charge in [0.25, 0.3) is 5.91 Å². The van der Waals surface area contributed by atoms with Gasteiger partial charge in [0.2, 0.25) is 5.91 Å². The minimum absolute atomic E-state index is 0.0217. The number of benzene rings is 4. The molecule has 1 unspecified atom stereocenters. The van der Waals surface area contributed by atoms with Crippen LogP contribution in [0.25, 0.3) is 0 Å². The molecule has 0 bridgehead atoms. The molecule has 0 saturated heterocycles. The molecule has 0 saturated carbocycles. The Bertz CT molecular complexity index is 1280. The van der Waals surface area contributed by atoms with Crippen LogP contribution in [0.5, 0.6) is 11.5 Å². The number of carbonyl (C=O) groups is 2. The quantitative estimate of drug-likeness (QED) is 0.276. The summed E-state index contributed by atoms with van der Waals surface area (Å²) in [4.78, 5) is 25.9. The molecule has 0 radical (unpaired) electrons. The van der Waals surface area contributed by atoms with E-state index >= 15 is 0 Å². The number of halogens is 1. The minimum Gasteiger partial charge on any atom is -0.457 e. The molecular formula is C29H25ClN2O4. The van der Waals surface area contributed by atoms with Crippen LogP contribution in [-0.2, 0) is 16.1 Å². The summed E-state index contributed by atoms with van der Waals surface area (Å²) in [5.74, 6) is 0.469. The van der Waals surface area contributed by atoms with Gasteiger partial charge in [0.15, 0.2) is 0 Å². The summed E-state index contributed by atoms with van der Waals surface area (Å²) in [6.07, 6.45) is 0. The van der Waals surface area contributed by atoms with Gasteiger partial charge in [-0.2, -0.15) is 0 Å². The van der Waals surface area contributed by atoms with Crippen LogP contribution < -0.4 is 15.4 Å². The van der Waals surface area contributed by atoms with E-state index in [1.165, 1.54) is 0 Å². The molecule has 0 aliphatic carbocycles. The van der Waals surface area contributed by atoms with Crippen molar-refractivity contribution in [2.24, 2.45) is 0 Å². The molecule has 36 heavy (non-hydrogen) atoms. The van der Waals surface area contributed by atoms with E-state index in [2.05, 4.69) is 10.6 Å². The molecule has 2 amide bonds. The van der Waals surface area contributed by atoms with E-state index in [1.54, 1.807) is 48.5 Å². The highest BCUT2D eigenvalue weighted by molar-refractivity contribution is 6.33. The lowest BCUT2D eigenvalue weighted by Crippen LogP contribution is -2.46. The second kappa shape index (κ2) is 12.5. The lowest BCUT2D eigenvalue weighted by Gasteiger charge is -2.19. The van der Waals surface area contributed by atoms with Gasteiger partial charge in [0, 0.05) is 5.69 Å². The number of nitrogens with one attached hydrogen (secondary N) is 2. The Morgan fingerprint density at radius 1 is 0.750 bits per heavy atom. The van der Waals surface area contributed by atoms with Gasteiger partial charge in [-0.25, -0.2) is 0 Å². The molecule has 0 fully saturated rings. The molecule has 0 spiro atoms. The topological polar surface area (TPSA) is 76.7 Å². The third-order valence-electron chi connectivity index (χ3n) is 5.24. The van der Waals surface area contributed by atoms with Crippen molar-refractivity contribution in [1.82, 2.24) is 5.32 Å². The number of carbonyl (C=O) groups excluding carboxylic acids is 2. The maximum absolute atomic E-state index is 13.1. The molecule has 4 aromatic carbocycles. The van der Waals surface area contributed by atoms with Gasteiger partial charge in [-0.1, -0.05) is 72.3 Å². The fraction of sp³-hybridized carbons (Fsp3) is 0.103. The van der Waals surface area contributed by atoms with E-state index in [0.717, 1.165) is 5.56 Å². The van der Waals surface area contributed by atoms with Crippen LogP contribution in [0.1, 0.15) is 15.9 Å². The Labute approximate surface area is 214 Å². The van der Waals surface area contributed by atoms with Crippen LogP contribution in [0.15, 0.2) is 109 Å². The van der Waals surface area contributed by atoms with Crippen LogP contribution in [-0.4, -0.2) is 24.5 Å². The van der Waals surface area contributed by atoms with Crippen LogP contribution in [0.3, 0.4) is 0 Å². The molecule has 0 heterocycles. The SMILES string of the molecule is O=C(NC(COCc1ccccc1)C(=O)Nc1ccc(Oc2ccccc2)cc1)c1ccccc1Cl. The maximum Gasteiger partial charge on any atom is 0.253 e. The molecule has 0 aliphatic heterocycles. The average Bonchev–Trinajstić information content (AvgIpc) is 2.90. The van der Waals surface area contributed by atoms with Crippen molar-refractivity contribution in [2.75, 3.05) is 11.9 Å². The fourth-order valence-electron chi connectivity index (χ4n) is 3.39. The first-order valence-corrected chi connectivity index (χ1v) is 11.8. The van der Waals surface area contributed by atoms with E-state index in [1.807, 2.05) is 60.7 Å². The van der Waals surface area contributed by atoms with Gasteiger partial charge in [-0.15, -0.1) is 0 Å². The second-order valence-corrected chi connectivity index (χ2v) is 8.34. The summed E-state index contributed by atoms with van der Waals surface area (Å²) >= 11 is 6.16. The molecule has 2 N–H and O–H groups in total. The molecule has 1 atom stereocenters. The Hall–Kier alpha value is -4.13. The van der Waals surface area contributed by atoms with E-state index < -0.39 is 17.9 Å². The maximum atomic E-state index is 13.1. The summed E-state index contributed by atoms with van der Waals surface area (Å²) in [6, 6.07) is 31.7. The first-order chi connectivity index (χ1) is 17.6. The zero-order chi connectivity index (χ0) is 25.2. The first-order valence-electron chi connectivity index (χ1n) is 11.4. The van der Waals surface area contributed by atoms with Crippen LogP contribution >= 0.6 is 11.6 Å². The van der Waals surface area contributed by atoms with Crippen molar-refractivity contribution in [2.45, 2.75) is 12.6 Å². The lowest BCUT2D eigenvalue weighted by molar-refractivity contribution is -0.119. The van der Waals surface area contributed by atoms with Gasteiger partial charge in [-0.05, 0) is 54.1 Å². The highest BCUT2D eigenvalue weighted by Crippen LogP contribution is 2.23. The Morgan fingerprint density at radius 2 is 1.36 bits per heavy atom. The number of hydrogen-bond donors (Lipinski definition) is 2. The summed E-state index contributed by atoms with van der Waals surface area (Å²) < 4.78 is 11.6. The number of anilines is 1. The van der Waals surface area contributed by atoms with Gasteiger partial charge in [0.1, 0.15) is 17.5 Å². The molecule has 4 aromatic rings. The molecule has 182 valence electrons. The van der Waals surface area contributed by atoms with Crippen molar-refractivity contribution < 1.29 is 19.1 Å². The molecule has 7 heteroatoms. The number of amides is 2. The smallest absolute Gasteiger partial charge is 0.253 e. The molecule has 0 aromatic heterocycles. The number of hydrogen-bond acceptors (Lipinski definition) is 4. The monoisotopic (exact) mass is 500 g/mol. The number of rotatable bonds is 10. The summed E-state index contributed by atoms with van der Waals surface area (Å²) in [7, 11) is 0. The standard InChI is InChI=1S/C29H25ClN2O4/c30-26-14-8-7-13-25(26)28(33)32-27(20-35-19-21-9-3-1-4-10-21)29(34)31-22-15-17-24(18-16-22)36-23-11-5-2-6-12-23/h1-18,27H,19-20H2,(H,31,34)(H,32,33). The normalized spacial score (nSPS) is 11.4. The zero-order valence-electron chi connectivity index (χ0n) is 19.4. The highest BCUT2D eigenvalue weighted by Gasteiger charge is 2.23. The Morgan fingerprint density at radius 3 is 2.06 bits per heavy atom. The molecule has 6 nitrogen and oxygen atoms in total. The van der Waals surface area contributed by atoms with E-state index in [9.17, 15) is 9.59 Å². The number of para-hydroxylation sites is 1. The van der Waals surface area contributed by atoms with Crippen molar-refractivity contribution in [1.29, 1.82) is 0 Å². The molecule has 0 aliphatic rings. The van der Waals surface area contributed by atoms with Crippen molar-refractivity contribution in [3.63, 3.8) is 0 Å². The zero-order valence-corrected chi connectivity index (χ0v) is 20.2. The van der Waals surface area contributed by atoms with Crippen LogP contribution in [0.4, 0.5) is 5.69 Å². The van der Waals surface area contributed by atoms with Gasteiger partial charge < -0.3 is 20.1 Å². The predicted octanol–water partition coefficient (Wildman–Crippen LogP) is 6.09. The van der Waals surface area contributed by atoms with E-state index in [-0.39, 0.29) is 12.2 Å². The lowest BCUT2D eigenvalue weighted by atomic mass is 10.2. The van der Waals surface area contributed by atoms with Crippen LogP contribution in [0.2, 0.25) is 5.02 Å². The first kappa shape index (κ1) is 25.0. The minimum atomic E-state index is -0.947. The number of ether oxygens (including phenoxy) is 2. The van der Waals surface area contributed by atoms with Gasteiger partial charge in [-0.3, -0.25) is 9.59 Å². The second-order valence-electron chi connectivity index (χ2n) is 7.94. The van der Waals surface area contributed by atoms with Crippen LogP contribution in [0, 0.1) is 0 Å². The fourth-order valence-corrected chi connectivity index (χ4v) is 3.61. The van der Waals surface area contributed by atoms with Gasteiger partial charge >= 0.3 is 0 Å². The van der Waals surface area contributed by atoms with Crippen molar-refractivity contribution in [3.8, 4) is 11.5 Å². The van der Waals surface area contributed by atoms with E-state index in [0.29, 0.717) is 28.8 Å². The Balaban J connectivity index is 1.42. The third kappa shape index (κ3) is 7.18. The van der Waals surface area contributed by atoms with Crippen molar-refractivity contribution in [3.05, 3.63) is 125 Å². The highest BCUT2D eigenvalue weighted by atomic mass is 35.5. The third-order valence-corrected chi connectivity index (χ3v) is 5.57. The summed E-state index contributed by atoms with van der Waals surface area (Å²) in [6.45, 7) is 0.282. The molecule has 4 rings (SSSR count). The van der Waals surface area contributed by atoms with Gasteiger partial charge in [0.05, 0.1) is 23.8 Å². The average molecular weight is 501 g/mol. The summed E-state index contributed by atoms with van der Waals surface area (Å²) in [5.41, 5.74) is 1.80. The Kier molecular flexibility index (Phi) is 8.70. The largest absolute Gasteiger partial charge is 0.457 e. The summed E-state index contributed by atoms with van der Waals surface area (Å²) in [5, 5.41) is 5.87. The van der Waals surface area contributed by atoms with E-state index in [4.69, 9.17) is 21.1 Å². The molecular weight excluding hydrogens is 476 g/mol.